The number of hydrogen-bond donors (Lipinski definition) is 2. The van der Waals surface area contributed by atoms with Crippen LogP contribution in [-0.4, -0.2) is 6.26 Å². The van der Waals surface area contributed by atoms with Crippen LogP contribution in [-0.2, 0) is 0 Å². The van der Waals surface area contributed by atoms with E-state index in [0.717, 1.165) is 0 Å². The second-order valence-electron chi connectivity index (χ2n) is 3.76. The molecular formula is C17H28FNS. The van der Waals surface area contributed by atoms with E-state index >= 15 is 0 Å². The topological polar surface area (TPSA) is 26.0 Å². The van der Waals surface area contributed by atoms with Crippen molar-refractivity contribution < 1.29 is 4.39 Å². The number of rotatable bonds is 1. The minimum Gasteiger partial charge on any atom is -0.399 e. The minimum atomic E-state index is -0.324. The number of thiol groups is 1. The molecule has 3 heteroatoms. The maximum absolute atomic E-state index is 12.7. The van der Waals surface area contributed by atoms with Crippen LogP contribution in [0.2, 0.25) is 0 Å². The highest BCUT2D eigenvalue weighted by Gasteiger charge is 1.98. The summed E-state index contributed by atoms with van der Waals surface area (Å²) in [5.41, 5.74) is 5.92. The zero-order valence-electron chi connectivity index (χ0n) is 12.9. The second-order valence-corrected chi connectivity index (χ2v) is 3.76. The first kappa shape index (κ1) is 21.1. The van der Waals surface area contributed by atoms with Crippen LogP contribution in [0.25, 0.3) is 5.70 Å². The van der Waals surface area contributed by atoms with E-state index in [9.17, 15) is 4.39 Å². The van der Waals surface area contributed by atoms with Gasteiger partial charge < -0.3 is 5.73 Å². The van der Waals surface area contributed by atoms with Crippen molar-refractivity contribution in [2.24, 2.45) is 5.73 Å². The summed E-state index contributed by atoms with van der Waals surface area (Å²) in [5.74, 6) is -0.324. The third-order valence-corrected chi connectivity index (χ3v) is 2.38. The fourth-order valence-electron chi connectivity index (χ4n) is 1.48. The molecule has 0 fully saturated rings. The molecule has 0 bridgehead atoms. The zero-order chi connectivity index (χ0) is 15.8. The normalized spacial score (nSPS) is 11.7. The molecule has 2 rings (SSSR count). The Hall–Kier alpha value is -1.22. The molecule has 2 N–H and O–H groups in total. The summed E-state index contributed by atoms with van der Waals surface area (Å²) in [6.07, 6.45) is 11.7. The molecule has 20 heavy (non-hydrogen) atoms. The second kappa shape index (κ2) is 15.8. The summed E-state index contributed by atoms with van der Waals surface area (Å²) in [5, 5.41) is 0. The van der Waals surface area contributed by atoms with Crippen molar-refractivity contribution in [2.75, 3.05) is 6.26 Å². The summed E-state index contributed by atoms with van der Waals surface area (Å²) in [4.78, 5) is 0. The Balaban J connectivity index is 0. The van der Waals surface area contributed by atoms with Gasteiger partial charge in [0.2, 0.25) is 0 Å². The molecule has 1 aliphatic rings. The molecule has 0 unspecified atom stereocenters. The molecule has 1 aromatic carbocycles. The van der Waals surface area contributed by atoms with Gasteiger partial charge in [0.05, 0.1) is 0 Å². The Morgan fingerprint density at radius 3 is 1.80 bits per heavy atom. The number of allylic oxidation sites excluding steroid dienone is 2. The Morgan fingerprint density at radius 2 is 1.55 bits per heavy atom. The largest absolute Gasteiger partial charge is 0.399 e. The summed E-state index contributed by atoms with van der Waals surface area (Å²) in [7, 11) is 0. The number of nitrogens with two attached hydrogens (primary N) is 1. The van der Waals surface area contributed by atoms with Crippen LogP contribution < -0.4 is 5.73 Å². The van der Waals surface area contributed by atoms with Crippen molar-refractivity contribution in [3.8, 4) is 0 Å². The lowest BCUT2D eigenvalue weighted by Gasteiger charge is -1.98. The molecule has 0 aromatic heterocycles. The van der Waals surface area contributed by atoms with Gasteiger partial charge in [0.1, 0.15) is 5.82 Å². The highest BCUT2D eigenvalue weighted by molar-refractivity contribution is 7.79. The van der Waals surface area contributed by atoms with E-state index in [1.807, 2.05) is 13.8 Å². The Labute approximate surface area is 129 Å². The number of hydrogen-bond acceptors (Lipinski definition) is 2. The van der Waals surface area contributed by atoms with E-state index in [-0.39, 0.29) is 11.5 Å². The summed E-state index contributed by atoms with van der Waals surface area (Å²) < 4.78 is 12.7. The summed E-state index contributed by atoms with van der Waals surface area (Å²) in [6.45, 7) is 7.42. The quantitative estimate of drug-likeness (QED) is 0.523. The van der Waals surface area contributed by atoms with Gasteiger partial charge >= 0.3 is 0 Å². The minimum absolute atomic E-state index is 0.262. The average molecular weight is 297 g/mol. The molecule has 114 valence electrons. The summed E-state index contributed by atoms with van der Waals surface area (Å²) in [6, 6.07) is 6.28. The first-order valence-corrected chi connectivity index (χ1v) is 7.90. The van der Waals surface area contributed by atoms with Crippen LogP contribution in [0.3, 0.4) is 0 Å². The average Bonchev–Trinajstić information content (AvgIpc) is 2.54. The first-order valence-electron chi connectivity index (χ1n) is 7.01. The van der Waals surface area contributed by atoms with Gasteiger partial charge in [-0.05, 0) is 44.1 Å². The fourth-order valence-corrected chi connectivity index (χ4v) is 1.48. The van der Waals surface area contributed by atoms with E-state index in [1.54, 1.807) is 24.5 Å². The molecule has 0 spiro atoms. The standard InChI is InChI=1S/C8H8FN.C6H10.C2H6.CH4S/c1-6(10)7-4-2-3-5-8(7)9;1-2-4-6-5-3-1;2*1-2/h2-5H,1,10H2;1-2H,3-6H2;1-2H3;2H,1H3. The molecule has 0 amide bonds. The maximum Gasteiger partial charge on any atom is 0.132 e. The SMILES string of the molecule is C1=CCCCC1.C=C(N)c1ccccc1F.CC.CS. The van der Waals surface area contributed by atoms with E-state index in [4.69, 9.17) is 5.73 Å². The van der Waals surface area contributed by atoms with E-state index < -0.39 is 0 Å². The van der Waals surface area contributed by atoms with Gasteiger partial charge in [-0.2, -0.15) is 12.6 Å². The van der Waals surface area contributed by atoms with Crippen LogP contribution in [0.5, 0.6) is 0 Å². The molecule has 0 aliphatic heterocycles. The zero-order valence-corrected chi connectivity index (χ0v) is 13.8. The molecule has 1 aromatic rings. The van der Waals surface area contributed by atoms with Crippen molar-refractivity contribution >= 4 is 18.3 Å². The van der Waals surface area contributed by atoms with Gasteiger partial charge in [0.25, 0.3) is 0 Å². The van der Waals surface area contributed by atoms with Gasteiger partial charge in [-0.15, -0.1) is 0 Å². The highest BCUT2D eigenvalue weighted by Crippen LogP contribution is 2.10. The predicted octanol–water partition coefficient (Wildman–Crippen LogP) is 5.44. The van der Waals surface area contributed by atoms with Crippen LogP contribution in [0, 0.1) is 5.82 Å². The van der Waals surface area contributed by atoms with Gasteiger partial charge in [-0.3, -0.25) is 0 Å². The van der Waals surface area contributed by atoms with Gasteiger partial charge in [0, 0.05) is 11.3 Å². The number of benzene rings is 1. The third-order valence-electron chi connectivity index (χ3n) is 2.38. The van der Waals surface area contributed by atoms with Crippen molar-refractivity contribution in [2.45, 2.75) is 39.5 Å². The van der Waals surface area contributed by atoms with Crippen LogP contribution in [0.1, 0.15) is 45.1 Å². The van der Waals surface area contributed by atoms with Crippen molar-refractivity contribution in [1.82, 2.24) is 0 Å². The lowest BCUT2D eigenvalue weighted by atomic mass is 10.1. The Bertz CT molecular complexity index is 367. The summed E-state index contributed by atoms with van der Waals surface area (Å²) >= 11 is 3.53. The van der Waals surface area contributed by atoms with Crippen LogP contribution >= 0.6 is 12.6 Å². The molecular weight excluding hydrogens is 269 g/mol. The third kappa shape index (κ3) is 10.7. The van der Waals surface area contributed by atoms with Gasteiger partial charge in [0.15, 0.2) is 0 Å². The smallest absolute Gasteiger partial charge is 0.132 e. The molecule has 0 radical (unpaired) electrons. The van der Waals surface area contributed by atoms with Crippen LogP contribution in [0.4, 0.5) is 4.39 Å². The van der Waals surface area contributed by atoms with Gasteiger partial charge in [-0.25, -0.2) is 4.39 Å². The van der Waals surface area contributed by atoms with E-state index in [1.165, 1.54) is 31.7 Å². The van der Waals surface area contributed by atoms with Crippen LogP contribution in [0.15, 0.2) is 43.0 Å². The van der Waals surface area contributed by atoms with Gasteiger partial charge in [-0.1, -0.05) is 44.7 Å². The molecule has 0 heterocycles. The molecule has 0 atom stereocenters. The Morgan fingerprint density at radius 1 is 1.10 bits per heavy atom. The molecule has 1 aliphatic carbocycles. The monoisotopic (exact) mass is 297 g/mol. The van der Waals surface area contributed by atoms with Crippen molar-refractivity contribution in [3.63, 3.8) is 0 Å². The Kier molecular flexibility index (Phi) is 16.7. The molecule has 0 saturated heterocycles. The van der Waals surface area contributed by atoms with Crippen molar-refractivity contribution in [3.05, 3.63) is 54.4 Å². The molecule has 1 nitrogen and oxygen atoms in total. The number of halogens is 1. The first-order chi connectivity index (χ1) is 9.72. The lowest BCUT2D eigenvalue weighted by molar-refractivity contribution is 0.624. The van der Waals surface area contributed by atoms with E-state index in [2.05, 4.69) is 31.4 Å². The van der Waals surface area contributed by atoms with Crippen molar-refractivity contribution in [1.29, 1.82) is 0 Å². The highest BCUT2D eigenvalue weighted by atomic mass is 32.1. The maximum atomic E-state index is 12.7. The molecule has 0 saturated carbocycles. The predicted molar refractivity (Wildman–Crippen MR) is 93.5 cm³/mol. The van der Waals surface area contributed by atoms with E-state index in [0.29, 0.717) is 5.56 Å². The fraction of sp³-hybridized carbons (Fsp3) is 0.412. The lowest BCUT2D eigenvalue weighted by Crippen LogP contribution is -1.96.